The van der Waals surface area contributed by atoms with E-state index in [1.54, 1.807) is 0 Å². The third-order valence-corrected chi connectivity index (χ3v) is 3.35. The van der Waals surface area contributed by atoms with E-state index < -0.39 is 11.6 Å². The Morgan fingerprint density at radius 1 is 1.21 bits per heavy atom. The molecule has 0 saturated heterocycles. The molecule has 0 aliphatic carbocycles. The second-order valence-electron chi connectivity index (χ2n) is 5.60. The van der Waals surface area contributed by atoms with Gasteiger partial charge in [0.15, 0.2) is 17.5 Å². The van der Waals surface area contributed by atoms with E-state index in [2.05, 4.69) is 24.2 Å². The Balaban J connectivity index is 1.84. The molecule has 0 fully saturated rings. The van der Waals surface area contributed by atoms with Crippen molar-refractivity contribution in [3.8, 4) is 5.75 Å². The molecule has 0 radical (unpaired) electrons. The average molecular weight is 333 g/mol. The minimum Gasteiger partial charge on any atom is -0.489 e. The van der Waals surface area contributed by atoms with Crippen LogP contribution in [0.25, 0.3) is 0 Å². The van der Waals surface area contributed by atoms with Crippen LogP contribution in [0, 0.1) is 11.6 Å². The van der Waals surface area contributed by atoms with Gasteiger partial charge in [-0.25, -0.2) is 13.8 Å². The van der Waals surface area contributed by atoms with Crippen molar-refractivity contribution < 1.29 is 13.5 Å². The van der Waals surface area contributed by atoms with Gasteiger partial charge in [0.05, 0.1) is 6.54 Å². The highest BCUT2D eigenvalue weighted by Crippen LogP contribution is 2.18. The van der Waals surface area contributed by atoms with Gasteiger partial charge < -0.3 is 15.8 Å². The lowest BCUT2D eigenvalue weighted by Gasteiger charge is -2.10. The van der Waals surface area contributed by atoms with Gasteiger partial charge in [0.2, 0.25) is 0 Å². The van der Waals surface area contributed by atoms with Crippen molar-refractivity contribution in [1.82, 2.24) is 0 Å². The van der Waals surface area contributed by atoms with E-state index in [-0.39, 0.29) is 24.9 Å². The molecule has 0 aliphatic heterocycles. The van der Waals surface area contributed by atoms with E-state index in [4.69, 9.17) is 10.5 Å². The van der Waals surface area contributed by atoms with Crippen molar-refractivity contribution in [3.05, 3.63) is 59.7 Å². The first kappa shape index (κ1) is 17.7. The summed E-state index contributed by atoms with van der Waals surface area (Å²) in [4.78, 5) is 4.12. The molecular weight excluding hydrogens is 312 g/mol. The Kier molecular flexibility index (Phi) is 6.12. The Hall–Kier alpha value is -2.63. The maximum absolute atomic E-state index is 13.4. The number of hydrogen-bond acceptors (Lipinski definition) is 2. The van der Waals surface area contributed by atoms with Gasteiger partial charge in [-0.3, -0.25) is 0 Å². The average Bonchev–Trinajstić information content (AvgIpc) is 2.53. The maximum Gasteiger partial charge on any atom is 0.193 e. The second-order valence-corrected chi connectivity index (χ2v) is 5.60. The normalized spacial score (nSPS) is 11.6. The molecule has 2 rings (SSSR count). The van der Waals surface area contributed by atoms with E-state index in [1.165, 1.54) is 11.6 Å². The Bertz CT molecular complexity index is 717. The summed E-state index contributed by atoms with van der Waals surface area (Å²) in [6.07, 6.45) is 0. The van der Waals surface area contributed by atoms with E-state index in [0.29, 0.717) is 5.92 Å². The number of nitrogens with two attached hydrogens (primary N) is 1. The maximum atomic E-state index is 13.4. The lowest BCUT2D eigenvalue weighted by atomic mass is 10.0. The van der Waals surface area contributed by atoms with E-state index in [1.807, 2.05) is 24.3 Å². The van der Waals surface area contributed by atoms with Gasteiger partial charge in [0.1, 0.15) is 12.4 Å². The van der Waals surface area contributed by atoms with Gasteiger partial charge in [-0.1, -0.05) is 26.0 Å². The fourth-order valence-electron chi connectivity index (χ4n) is 2.08. The van der Waals surface area contributed by atoms with Crippen molar-refractivity contribution in [2.45, 2.75) is 19.8 Å². The summed E-state index contributed by atoms with van der Waals surface area (Å²) in [6, 6.07) is 11.1. The first-order chi connectivity index (χ1) is 11.5. The monoisotopic (exact) mass is 333 g/mol. The van der Waals surface area contributed by atoms with Gasteiger partial charge >= 0.3 is 0 Å². The van der Waals surface area contributed by atoms with Crippen molar-refractivity contribution in [2.24, 2.45) is 10.7 Å². The van der Waals surface area contributed by atoms with Crippen LogP contribution in [0.3, 0.4) is 0 Å². The highest BCUT2D eigenvalue weighted by molar-refractivity contribution is 5.92. The Morgan fingerprint density at radius 2 is 2.00 bits per heavy atom. The summed E-state index contributed by atoms with van der Waals surface area (Å²) < 4.78 is 31.4. The summed E-state index contributed by atoms with van der Waals surface area (Å²) in [5.41, 5.74) is 7.87. The van der Waals surface area contributed by atoms with Crippen molar-refractivity contribution in [2.75, 3.05) is 18.5 Å². The number of guanidine groups is 1. The van der Waals surface area contributed by atoms with Gasteiger partial charge in [0, 0.05) is 11.8 Å². The van der Waals surface area contributed by atoms with Crippen LogP contribution in [0.1, 0.15) is 25.3 Å². The summed E-state index contributed by atoms with van der Waals surface area (Å²) in [5, 5.41) is 3.00. The highest BCUT2D eigenvalue weighted by atomic mass is 19.1. The molecular formula is C18H21F2N3O. The van der Waals surface area contributed by atoms with Crippen LogP contribution in [0.2, 0.25) is 0 Å². The fourth-order valence-corrected chi connectivity index (χ4v) is 2.08. The first-order valence-electron chi connectivity index (χ1n) is 7.70. The van der Waals surface area contributed by atoms with Crippen molar-refractivity contribution in [1.29, 1.82) is 0 Å². The zero-order chi connectivity index (χ0) is 17.5. The Labute approximate surface area is 140 Å². The van der Waals surface area contributed by atoms with Gasteiger partial charge in [-0.15, -0.1) is 0 Å². The van der Waals surface area contributed by atoms with Crippen LogP contribution in [0.5, 0.6) is 5.75 Å². The standard InChI is InChI=1S/C18H21F2N3O/c1-12(2)13-4-3-5-15(10-13)23-18(21)22-8-9-24-17-7-6-14(19)11-16(17)20/h3-7,10-12H,8-9H2,1-2H3,(H3,21,22,23). The molecule has 0 saturated carbocycles. The quantitative estimate of drug-likeness (QED) is 0.479. The molecule has 0 amide bonds. The summed E-state index contributed by atoms with van der Waals surface area (Å²) in [7, 11) is 0. The van der Waals surface area contributed by atoms with Crippen LogP contribution < -0.4 is 15.8 Å². The van der Waals surface area contributed by atoms with Gasteiger partial charge in [-0.2, -0.15) is 0 Å². The summed E-state index contributed by atoms with van der Waals surface area (Å²) in [5.74, 6) is -0.726. The molecule has 0 unspecified atom stereocenters. The van der Waals surface area contributed by atoms with Crippen molar-refractivity contribution >= 4 is 11.6 Å². The molecule has 0 heterocycles. The zero-order valence-corrected chi connectivity index (χ0v) is 13.7. The van der Waals surface area contributed by atoms with Gasteiger partial charge in [0.25, 0.3) is 0 Å². The third-order valence-electron chi connectivity index (χ3n) is 3.35. The SMILES string of the molecule is CC(C)c1cccc(NC(N)=NCCOc2ccc(F)cc2F)c1. The molecule has 0 bridgehead atoms. The van der Waals surface area contributed by atoms with Crippen LogP contribution in [0.15, 0.2) is 47.5 Å². The topological polar surface area (TPSA) is 59.6 Å². The van der Waals surface area contributed by atoms with Crippen LogP contribution >= 0.6 is 0 Å². The van der Waals surface area contributed by atoms with E-state index >= 15 is 0 Å². The van der Waals surface area contributed by atoms with Gasteiger partial charge in [-0.05, 0) is 35.7 Å². The minimum atomic E-state index is -0.740. The van der Waals surface area contributed by atoms with E-state index in [9.17, 15) is 8.78 Å². The fraction of sp³-hybridized carbons (Fsp3) is 0.278. The first-order valence-corrected chi connectivity index (χ1v) is 7.70. The number of benzene rings is 2. The molecule has 0 atom stereocenters. The molecule has 4 nitrogen and oxygen atoms in total. The van der Waals surface area contributed by atoms with Crippen LogP contribution in [-0.4, -0.2) is 19.1 Å². The number of ether oxygens (including phenoxy) is 1. The number of aliphatic imine (C=N–C) groups is 1. The number of nitrogens with one attached hydrogen (secondary N) is 1. The predicted molar refractivity (Wildman–Crippen MR) is 92.5 cm³/mol. The predicted octanol–water partition coefficient (Wildman–Crippen LogP) is 3.89. The summed E-state index contributed by atoms with van der Waals surface area (Å²) in [6.45, 7) is 4.61. The third kappa shape index (κ3) is 5.22. The molecule has 0 aromatic heterocycles. The molecule has 128 valence electrons. The summed E-state index contributed by atoms with van der Waals surface area (Å²) >= 11 is 0. The number of rotatable bonds is 6. The lowest BCUT2D eigenvalue weighted by molar-refractivity contribution is 0.310. The molecule has 24 heavy (non-hydrogen) atoms. The number of halogens is 2. The molecule has 2 aromatic carbocycles. The largest absolute Gasteiger partial charge is 0.489 e. The smallest absolute Gasteiger partial charge is 0.193 e. The number of hydrogen-bond donors (Lipinski definition) is 2. The molecule has 3 N–H and O–H groups in total. The van der Waals surface area contributed by atoms with Crippen molar-refractivity contribution in [3.63, 3.8) is 0 Å². The number of anilines is 1. The van der Waals surface area contributed by atoms with Crippen LogP contribution in [-0.2, 0) is 0 Å². The number of nitrogens with zero attached hydrogens (tertiary/aromatic N) is 1. The molecule has 0 spiro atoms. The molecule has 2 aromatic rings. The van der Waals surface area contributed by atoms with E-state index in [0.717, 1.165) is 17.8 Å². The second kappa shape index (κ2) is 8.29. The van der Waals surface area contributed by atoms with Crippen LogP contribution in [0.4, 0.5) is 14.5 Å². The molecule has 6 heteroatoms. The zero-order valence-electron chi connectivity index (χ0n) is 13.7. The molecule has 0 aliphatic rings. The minimum absolute atomic E-state index is 0.0113. The highest BCUT2D eigenvalue weighted by Gasteiger charge is 2.04. The Morgan fingerprint density at radius 3 is 2.71 bits per heavy atom. The lowest BCUT2D eigenvalue weighted by Crippen LogP contribution is -2.23.